The molecule has 2 atom stereocenters. The number of aromatic nitrogens is 2. The molecule has 7 heteroatoms. The zero-order chi connectivity index (χ0) is 15.3. The maximum absolute atomic E-state index is 11.8. The number of carboxylic acid groups (broad SMARTS) is 1. The van der Waals surface area contributed by atoms with Crippen LogP contribution in [0.3, 0.4) is 0 Å². The Kier molecular flexibility index (Phi) is 4.82. The third-order valence-corrected chi connectivity index (χ3v) is 4.16. The molecule has 0 bridgehead atoms. The molecular formula is C14H22N4O3. The van der Waals surface area contributed by atoms with E-state index >= 15 is 0 Å². The number of carbonyl (C=O) groups is 2. The van der Waals surface area contributed by atoms with Gasteiger partial charge in [0, 0.05) is 31.5 Å². The minimum absolute atomic E-state index is 0.296. The quantitative estimate of drug-likeness (QED) is 0.687. The summed E-state index contributed by atoms with van der Waals surface area (Å²) in [6, 6.07) is 1.25. The topological polar surface area (TPSA) is 96.3 Å². The van der Waals surface area contributed by atoms with Gasteiger partial charge in [-0.1, -0.05) is 6.42 Å². The molecule has 1 aliphatic carbocycles. The number of aliphatic carboxylic acids is 1. The number of aryl methyl sites for hydroxylation is 1. The molecule has 2 amide bonds. The molecule has 1 saturated carbocycles. The van der Waals surface area contributed by atoms with E-state index in [9.17, 15) is 14.7 Å². The van der Waals surface area contributed by atoms with E-state index in [0.717, 1.165) is 19.4 Å². The second-order valence-electron chi connectivity index (χ2n) is 5.69. The first-order valence-electron chi connectivity index (χ1n) is 7.27. The van der Waals surface area contributed by atoms with Crippen LogP contribution < -0.4 is 10.6 Å². The SMILES string of the molecule is CC1(C(=O)O)CCCC1NC(=O)NCCCn1cccn1. The zero-order valence-corrected chi connectivity index (χ0v) is 12.2. The van der Waals surface area contributed by atoms with Gasteiger partial charge in [0.25, 0.3) is 0 Å². The minimum atomic E-state index is -0.855. The van der Waals surface area contributed by atoms with Crippen molar-refractivity contribution in [2.45, 2.75) is 45.2 Å². The van der Waals surface area contributed by atoms with Crippen molar-refractivity contribution in [1.29, 1.82) is 0 Å². The van der Waals surface area contributed by atoms with Gasteiger partial charge in [0.1, 0.15) is 0 Å². The van der Waals surface area contributed by atoms with Crippen LogP contribution in [0, 0.1) is 5.41 Å². The van der Waals surface area contributed by atoms with Gasteiger partial charge in [-0.15, -0.1) is 0 Å². The highest BCUT2D eigenvalue weighted by atomic mass is 16.4. The molecule has 1 fully saturated rings. The maximum Gasteiger partial charge on any atom is 0.315 e. The van der Waals surface area contributed by atoms with Crippen molar-refractivity contribution >= 4 is 12.0 Å². The molecule has 21 heavy (non-hydrogen) atoms. The Labute approximate surface area is 123 Å². The van der Waals surface area contributed by atoms with E-state index in [1.165, 1.54) is 0 Å². The first-order valence-corrected chi connectivity index (χ1v) is 7.27. The van der Waals surface area contributed by atoms with Crippen molar-refractivity contribution in [2.75, 3.05) is 6.54 Å². The third-order valence-electron chi connectivity index (χ3n) is 4.16. The van der Waals surface area contributed by atoms with E-state index in [2.05, 4.69) is 15.7 Å². The van der Waals surface area contributed by atoms with Crippen LogP contribution in [0.25, 0.3) is 0 Å². The second-order valence-corrected chi connectivity index (χ2v) is 5.69. The Balaban J connectivity index is 1.70. The number of amides is 2. The van der Waals surface area contributed by atoms with E-state index < -0.39 is 11.4 Å². The Morgan fingerprint density at radius 2 is 2.33 bits per heavy atom. The summed E-state index contributed by atoms with van der Waals surface area (Å²) < 4.78 is 1.80. The van der Waals surface area contributed by atoms with Crippen molar-refractivity contribution in [3.63, 3.8) is 0 Å². The lowest BCUT2D eigenvalue weighted by molar-refractivity contribution is -0.148. The number of hydrogen-bond acceptors (Lipinski definition) is 3. The van der Waals surface area contributed by atoms with Gasteiger partial charge in [-0.25, -0.2) is 4.79 Å². The molecule has 0 aromatic carbocycles. The highest BCUT2D eigenvalue weighted by molar-refractivity contribution is 5.79. The summed E-state index contributed by atoms with van der Waals surface area (Å²) in [5.41, 5.74) is -0.855. The van der Waals surface area contributed by atoms with E-state index in [1.54, 1.807) is 17.8 Å². The molecule has 1 heterocycles. The zero-order valence-electron chi connectivity index (χ0n) is 12.2. The normalized spacial score (nSPS) is 24.7. The average molecular weight is 294 g/mol. The van der Waals surface area contributed by atoms with Gasteiger partial charge in [-0.05, 0) is 32.3 Å². The van der Waals surface area contributed by atoms with Crippen LogP contribution >= 0.6 is 0 Å². The van der Waals surface area contributed by atoms with Crippen molar-refractivity contribution in [3.05, 3.63) is 18.5 Å². The van der Waals surface area contributed by atoms with Gasteiger partial charge >= 0.3 is 12.0 Å². The fourth-order valence-corrected chi connectivity index (χ4v) is 2.74. The minimum Gasteiger partial charge on any atom is -0.481 e. The van der Waals surface area contributed by atoms with Crippen molar-refractivity contribution in [1.82, 2.24) is 20.4 Å². The monoisotopic (exact) mass is 294 g/mol. The van der Waals surface area contributed by atoms with Gasteiger partial charge in [0.2, 0.25) is 0 Å². The summed E-state index contributed by atoms with van der Waals surface area (Å²) in [5, 5.41) is 18.9. The summed E-state index contributed by atoms with van der Waals surface area (Å²) in [7, 11) is 0. The van der Waals surface area contributed by atoms with Gasteiger partial charge in [0.05, 0.1) is 5.41 Å². The van der Waals surface area contributed by atoms with Crippen LogP contribution in [0.4, 0.5) is 4.79 Å². The maximum atomic E-state index is 11.8. The average Bonchev–Trinajstić information content (AvgIpc) is 3.06. The highest BCUT2D eigenvalue weighted by Crippen LogP contribution is 2.38. The first-order chi connectivity index (χ1) is 10.0. The summed E-state index contributed by atoms with van der Waals surface area (Å²) in [4.78, 5) is 23.2. The van der Waals surface area contributed by atoms with Gasteiger partial charge in [0.15, 0.2) is 0 Å². The van der Waals surface area contributed by atoms with Crippen LogP contribution in [0.2, 0.25) is 0 Å². The van der Waals surface area contributed by atoms with E-state index in [4.69, 9.17) is 0 Å². The highest BCUT2D eigenvalue weighted by Gasteiger charge is 2.45. The molecule has 2 rings (SSSR count). The molecule has 0 radical (unpaired) electrons. The van der Waals surface area contributed by atoms with Gasteiger partial charge < -0.3 is 15.7 Å². The molecule has 3 N–H and O–H groups in total. The lowest BCUT2D eigenvalue weighted by atomic mass is 9.85. The van der Waals surface area contributed by atoms with Crippen LogP contribution in [0.15, 0.2) is 18.5 Å². The molecular weight excluding hydrogens is 272 g/mol. The van der Waals surface area contributed by atoms with Crippen LogP contribution in [0.5, 0.6) is 0 Å². The molecule has 0 saturated heterocycles. The van der Waals surface area contributed by atoms with Gasteiger partial charge in [-0.3, -0.25) is 9.48 Å². The Bertz CT molecular complexity index is 488. The Morgan fingerprint density at radius 1 is 1.52 bits per heavy atom. The molecule has 0 aliphatic heterocycles. The number of urea groups is 1. The standard InChI is InChI=1S/C14H22N4O3/c1-14(12(19)20)6-2-5-11(14)17-13(21)15-7-3-9-18-10-4-8-16-18/h4,8,10-11H,2-3,5-7,9H2,1H3,(H,19,20)(H2,15,17,21). The number of hydrogen-bond donors (Lipinski definition) is 3. The molecule has 1 aromatic rings. The van der Waals surface area contributed by atoms with Crippen molar-refractivity contribution < 1.29 is 14.7 Å². The van der Waals surface area contributed by atoms with Gasteiger partial charge in [-0.2, -0.15) is 5.10 Å². The number of carbonyl (C=O) groups excluding carboxylic acids is 1. The van der Waals surface area contributed by atoms with Crippen LogP contribution in [0.1, 0.15) is 32.6 Å². The Hall–Kier alpha value is -2.05. The van der Waals surface area contributed by atoms with Crippen molar-refractivity contribution in [3.8, 4) is 0 Å². The number of nitrogens with zero attached hydrogens (tertiary/aromatic N) is 2. The fraction of sp³-hybridized carbons (Fsp3) is 0.643. The van der Waals surface area contributed by atoms with Crippen LogP contribution in [-0.4, -0.2) is 39.5 Å². The lowest BCUT2D eigenvalue weighted by Crippen LogP contribution is -2.50. The second kappa shape index (κ2) is 6.60. The van der Waals surface area contributed by atoms with Crippen LogP contribution in [-0.2, 0) is 11.3 Å². The van der Waals surface area contributed by atoms with E-state index in [0.29, 0.717) is 19.4 Å². The number of nitrogens with one attached hydrogen (secondary N) is 2. The number of carboxylic acids is 1. The fourth-order valence-electron chi connectivity index (χ4n) is 2.74. The smallest absolute Gasteiger partial charge is 0.315 e. The Morgan fingerprint density at radius 3 is 3.00 bits per heavy atom. The molecule has 1 aliphatic rings. The predicted molar refractivity (Wildman–Crippen MR) is 76.8 cm³/mol. The summed E-state index contributed by atoms with van der Waals surface area (Å²) in [5.74, 6) is -0.844. The molecule has 2 unspecified atom stereocenters. The predicted octanol–water partition coefficient (Wildman–Crippen LogP) is 1.22. The van der Waals surface area contributed by atoms with E-state index in [-0.39, 0.29) is 12.1 Å². The van der Waals surface area contributed by atoms with Crippen molar-refractivity contribution in [2.24, 2.45) is 5.41 Å². The lowest BCUT2D eigenvalue weighted by Gasteiger charge is -2.27. The summed E-state index contributed by atoms with van der Waals surface area (Å²) >= 11 is 0. The van der Waals surface area contributed by atoms with E-state index in [1.807, 2.05) is 12.3 Å². The first kappa shape index (κ1) is 15.3. The number of rotatable bonds is 6. The largest absolute Gasteiger partial charge is 0.481 e. The third kappa shape index (κ3) is 3.74. The summed E-state index contributed by atoms with van der Waals surface area (Å²) in [6.07, 6.45) is 6.50. The molecule has 116 valence electrons. The molecule has 1 aromatic heterocycles. The molecule has 7 nitrogen and oxygen atoms in total. The molecule has 0 spiro atoms. The summed E-state index contributed by atoms with van der Waals surface area (Å²) in [6.45, 7) is 2.97.